The molecule has 0 aromatic heterocycles. The van der Waals surface area contributed by atoms with Crippen LogP contribution in [0.4, 0.5) is 0 Å². The summed E-state index contributed by atoms with van der Waals surface area (Å²) in [6.45, 7) is 4.10. The molecule has 0 aliphatic carbocycles. The summed E-state index contributed by atoms with van der Waals surface area (Å²) in [5.74, 6) is 0.164. The van der Waals surface area contributed by atoms with Crippen LogP contribution in [0, 0.1) is 5.41 Å². The third kappa shape index (κ3) is 1.79. The molecule has 1 heterocycles. The number of amides is 1. The smallest absolute Gasteiger partial charge is 0.226 e. The number of carbonyl (C=O) groups excluding carboxylic acids is 2. The van der Waals surface area contributed by atoms with E-state index in [4.69, 9.17) is 0 Å². The van der Waals surface area contributed by atoms with Gasteiger partial charge in [-0.3, -0.25) is 9.59 Å². The Morgan fingerprint density at radius 3 is 2.64 bits per heavy atom. The van der Waals surface area contributed by atoms with Crippen LogP contribution in [0.1, 0.15) is 26.7 Å². The van der Waals surface area contributed by atoms with E-state index in [-0.39, 0.29) is 11.7 Å². The van der Waals surface area contributed by atoms with E-state index in [9.17, 15) is 9.59 Å². The lowest BCUT2D eigenvalue weighted by molar-refractivity contribution is -0.131. The number of ketones is 1. The van der Waals surface area contributed by atoms with Crippen LogP contribution >= 0.6 is 0 Å². The molecule has 3 heteroatoms. The summed E-state index contributed by atoms with van der Waals surface area (Å²) in [6.07, 6.45) is 0.855. The minimum atomic E-state index is -0.506. The van der Waals surface area contributed by atoms with Gasteiger partial charge in [0.15, 0.2) is 0 Å². The van der Waals surface area contributed by atoms with Gasteiger partial charge in [0, 0.05) is 19.4 Å². The molecule has 1 amide bonds. The lowest BCUT2D eigenvalue weighted by atomic mass is 9.87. The molecule has 1 rings (SSSR count). The molecule has 1 fully saturated rings. The first-order valence-corrected chi connectivity index (χ1v) is 3.82. The first kappa shape index (κ1) is 8.24. The molecule has 0 spiro atoms. The first-order chi connectivity index (χ1) is 5.02. The summed E-state index contributed by atoms with van der Waals surface area (Å²) in [5.41, 5.74) is -0.506. The highest BCUT2D eigenvalue weighted by molar-refractivity contribution is 5.91. The second-order valence-corrected chi connectivity index (χ2v) is 3.61. The summed E-state index contributed by atoms with van der Waals surface area (Å²) < 4.78 is 0. The van der Waals surface area contributed by atoms with Gasteiger partial charge in [0.1, 0.15) is 5.78 Å². The van der Waals surface area contributed by atoms with Crippen molar-refractivity contribution in [2.24, 2.45) is 5.41 Å². The Balaban J connectivity index is 2.76. The lowest BCUT2D eigenvalue weighted by Gasteiger charge is -2.18. The largest absolute Gasteiger partial charge is 0.355 e. The molecule has 62 valence electrons. The molecule has 1 aliphatic rings. The van der Waals surface area contributed by atoms with Crippen LogP contribution in [0.5, 0.6) is 0 Å². The Hall–Kier alpha value is -0.860. The molecule has 11 heavy (non-hydrogen) atoms. The average molecular weight is 155 g/mol. The fourth-order valence-electron chi connectivity index (χ4n) is 1.22. The zero-order valence-electron chi connectivity index (χ0n) is 6.94. The van der Waals surface area contributed by atoms with Gasteiger partial charge < -0.3 is 5.32 Å². The van der Waals surface area contributed by atoms with E-state index in [2.05, 4.69) is 5.32 Å². The van der Waals surface area contributed by atoms with Crippen LogP contribution < -0.4 is 5.32 Å². The minimum Gasteiger partial charge on any atom is -0.355 e. The van der Waals surface area contributed by atoms with E-state index in [1.807, 2.05) is 0 Å². The maximum absolute atomic E-state index is 11.2. The summed E-state index contributed by atoms with van der Waals surface area (Å²) in [4.78, 5) is 22.3. The fraction of sp³-hybridized carbons (Fsp3) is 0.750. The fourth-order valence-corrected chi connectivity index (χ4v) is 1.22. The van der Waals surface area contributed by atoms with Gasteiger partial charge in [-0.05, 0) is 0 Å². The van der Waals surface area contributed by atoms with Crippen molar-refractivity contribution >= 4 is 11.7 Å². The molecule has 0 saturated carbocycles. The first-order valence-electron chi connectivity index (χ1n) is 3.82. The summed E-state index contributed by atoms with van der Waals surface area (Å²) in [6, 6.07) is 0. The molecule has 0 unspecified atom stereocenters. The van der Waals surface area contributed by atoms with E-state index in [1.165, 1.54) is 0 Å². The van der Waals surface area contributed by atoms with E-state index in [1.54, 1.807) is 13.8 Å². The molecule has 1 saturated heterocycles. The van der Waals surface area contributed by atoms with E-state index < -0.39 is 5.41 Å². The van der Waals surface area contributed by atoms with Gasteiger partial charge in [-0.15, -0.1) is 0 Å². The van der Waals surface area contributed by atoms with Crippen LogP contribution in [0.25, 0.3) is 0 Å². The highest BCUT2D eigenvalue weighted by Gasteiger charge is 2.32. The summed E-state index contributed by atoms with van der Waals surface area (Å²) in [5, 5.41) is 2.71. The van der Waals surface area contributed by atoms with Crippen molar-refractivity contribution in [2.75, 3.05) is 6.54 Å². The molecular formula is C8H13NO2. The van der Waals surface area contributed by atoms with E-state index in [0.717, 1.165) is 0 Å². The number of hydrogen-bond acceptors (Lipinski definition) is 2. The predicted molar refractivity (Wildman–Crippen MR) is 41.0 cm³/mol. The topological polar surface area (TPSA) is 46.2 Å². The van der Waals surface area contributed by atoms with Crippen molar-refractivity contribution in [1.29, 1.82) is 0 Å². The summed E-state index contributed by atoms with van der Waals surface area (Å²) in [7, 11) is 0. The van der Waals surface area contributed by atoms with Crippen molar-refractivity contribution in [3.05, 3.63) is 0 Å². The van der Waals surface area contributed by atoms with Gasteiger partial charge in [-0.2, -0.15) is 0 Å². The van der Waals surface area contributed by atoms with Crippen LogP contribution in [-0.4, -0.2) is 18.2 Å². The van der Waals surface area contributed by atoms with Crippen LogP contribution in [0.3, 0.4) is 0 Å². The zero-order chi connectivity index (χ0) is 8.48. The maximum atomic E-state index is 11.2. The third-order valence-corrected chi connectivity index (χ3v) is 1.94. The van der Waals surface area contributed by atoms with Crippen LogP contribution in [0.2, 0.25) is 0 Å². The van der Waals surface area contributed by atoms with E-state index >= 15 is 0 Å². The number of hydrogen-bond donors (Lipinski definition) is 1. The van der Waals surface area contributed by atoms with Gasteiger partial charge in [0.25, 0.3) is 0 Å². The van der Waals surface area contributed by atoms with Gasteiger partial charge in [-0.1, -0.05) is 13.8 Å². The Morgan fingerprint density at radius 2 is 2.00 bits per heavy atom. The van der Waals surface area contributed by atoms with Gasteiger partial charge in [0.2, 0.25) is 5.91 Å². The number of nitrogens with one attached hydrogen (secondary N) is 1. The van der Waals surface area contributed by atoms with Crippen molar-refractivity contribution in [1.82, 2.24) is 5.32 Å². The maximum Gasteiger partial charge on any atom is 0.226 e. The zero-order valence-corrected chi connectivity index (χ0v) is 6.94. The molecule has 0 atom stereocenters. The minimum absolute atomic E-state index is 0.0108. The van der Waals surface area contributed by atoms with Gasteiger partial charge >= 0.3 is 0 Å². The summed E-state index contributed by atoms with van der Waals surface area (Å²) >= 11 is 0. The third-order valence-electron chi connectivity index (χ3n) is 1.94. The molecular weight excluding hydrogens is 142 g/mol. The highest BCUT2D eigenvalue weighted by atomic mass is 16.2. The Bertz CT molecular complexity index is 196. The van der Waals surface area contributed by atoms with Gasteiger partial charge in [-0.25, -0.2) is 0 Å². The molecule has 0 aromatic rings. The van der Waals surface area contributed by atoms with Crippen LogP contribution in [-0.2, 0) is 9.59 Å². The number of rotatable bonds is 0. The van der Waals surface area contributed by atoms with Gasteiger partial charge in [0.05, 0.1) is 5.41 Å². The second kappa shape index (κ2) is 2.64. The second-order valence-electron chi connectivity index (χ2n) is 3.61. The normalized spacial score (nSPS) is 24.2. The van der Waals surface area contributed by atoms with E-state index in [0.29, 0.717) is 19.4 Å². The molecule has 1 N–H and O–H groups in total. The Labute approximate surface area is 66.2 Å². The monoisotopic (exact) mass is 155 g/mol. The molecule has 0 aromatic carbocycles. The predicted octanol–water partition coefficient (Wildman–Crippen LogP) is 0.492. The number of Topliss-reactive ketones (excluding diaryl/α,β-unsaturated/α-hetero) is 1. The van der Waals surface area contributed by atoms with Crippen molar-refractivity contribution < 1.29 is 9.59 Å². The molecule has 1 aliphatic heterocycles. The molecule has 0 bridgehead atoms. The Morgan fingerprint density at radius 1 is 1.36 bits per heavy atom. The van der Waals surface area contributed by atoms with Crippen molar-refractivity contribution in [2.45, 2.75) is 26.7 Å². The van der Waals surface area contributed by atoms with Crippen molar-refractivity contribution in [3.8, 4) is 0 Å². The number of carbonyl (C=O) groups is 2. The van der Waals surface area contributed by atoms with Crippen molar-refractivity contribution in [3.63, 3.8) is 0 Å². The molecule has 0 radical (unpaired) electrons. The average Bonchev–Trinajstić information content (AvgIpc) is 1.93. The lowest BCUT2D eigenvalue weighted by Crippen LogP contribution is -2.35. The van der Waals surface area contributed by atoms with Crippen LogP contribution in [0.15, 0.2) is 0 Å². The quantitative estimate of drug-likeness (QED) is 0.553. The standard InChI is InChI=1S/C8H13NO2/c1-8(2)5-6(10)3-4-9-7(8)11/h3-5H2,1-2H3,(H,9,11). The Kier molecular flexibility index (Phi) is 1.98. The SMILES string of the molecule is CC1(C)CC(=O)CCNC1=O. The molecule has 3 nitrogen and oxygen atoms in total. The highest BCUT2D eigenvalue weighted by Crippen LogP contribution is 2.23.